The normalized spacial score (nSPS) is 10.2. The lowest BCUT2D eigenvalue weighted by atomic mass is 10.7. The van der Waals surface area contributed by atoms with Gasteiger partial charge in [-0.25, -0.2) is 0 Å². The summed E-state index contributed by atoms with van der Waals surface area (Å²) in [6.07, 6.45) is 1.65. The van der Waals surface area contributed by atoms with Crippen LogP contribution in [-0.2, 0) is 0 Å². The van der Waals surface area contributed by atoms with Crippen LogP contribution in [0.25, 0.3) is 20.9 Å². The number of rotatable bonds is 6. The van der Waals surface area contributed by atoms with Gasteiger partial charge in [0.05, 0.1) is 0 Å². The highest BCUT2D eigenvalue weighted by atomic mass is 16.6. The third-order valence-corrected chi connectivity index (χ3v) is 2.27. The van der Waals surface area contributed by atoms with E-state index >= 15 is 0 Å². The Kier molecular flexibility index (Phi) is 4.27. The fourth-order valence-electron chi connectivity index (χ4n) is 1.39. The summed E-state index contributed by atoms with van der Waals surface area (Å²) >= 11 is 0. The van der Waals surface area contributed by atoms with Crippen molar-refractivity contribution in [3.05, 3.63) is 53.8 Å². The van der Waals surface area contributed by atoms with Crippen LogP contribution in [0.5, 0.6) is 0 Å². The van der Waals surface area contributed by atoms with Gasteiger partial charge in [0.25, 0.3) is 0 Å². The van der Waals surface area contributed by atoms with Crippen LogP contribution >= 0.6 is 0 Å². The molecule has 0 atom stereocenters. The molecule has 120 valence electrons. The maximum Gasteiger partial charge on any atom is 0.393 e. The molecular formula is C6H2N14O4. The number of nitrogens with zero attached hydrogens (tertiary/aromatic N) is 14. The fraction of sp³-hybridized carbons (Fsp3) is 0. The molecule has 0 N–H and O–H groups in total. The minimum atomic E-state index is -0.913. The second kappa shape index (κ2) is 6.47. The van der Waals surface area contributed by atoms with Crippen molar-refractivity contribution in [2.45, 2.75) is 0 Å². The molecular weight excluding hydrogens is 332 g/mol. The summed E-state index contributed by atoms with van der Waals surface area (Å²) in [5, 5.41) is 34.5. The first kappa shape index (κ1) is 15.8. The van der Waals surface area contributed by atoms with Crippen LogP contribution in [0.3, 0.4) is 0 Å². The molecule has 2 heterocycles. The average Bonchev–Trinajstić information content (AvgIpc) is 3.10. The monoisotopic (exact) mass is 334 g/mol. The highest BCUT2D eigenvalue weighted by molar-refractivity contribution is 5.47. The minimum Gasteiger partial charge on any atom is -0.358 e. The summed E-state index contributed by atoms with van der Waals surface area (Å²) in [6, 6.07) is 0. The smallest absolute Gasteiger partial charge is 0.358 e. The first-order valence-corrected chi connectivity index (χ1v) is 5.45. The first-order valence-electron chi connectivity index (χ1n) is 5.45. The highest BCUT2D eigenvalue weighted by Crippen LogP contribution is 2.27. The Labute approximate surface area is 128 Å². The van der Waals surface area contributed by atoms with E-state index in [0.29, 0.717) is 9.35 Å². The Morgan fingerprint density at radius 2 is 1.29 bits per heavy atom. The zero-order valence-corrected chi connectivity index (χ0v) is 11.0. The quantitative estimate of drug-likeness (QED) is 0.252. The number of imidazole rings is 2. The highest BCUT2D eigenvalue weighted by Gasteiger charge is 2.22. The number of azide groups is 2. The van der Waals surface area contributed by atoms with Crippen molar-refractivity contribution in [2.24, 2.45) is 20.7 Å². The lowest BCUT2D eigenvalue weighted by molar-refractivity contribution is -0.388. The zero-order chi connectivity index (χ0) is 17.7. The molecule has 18 heteroatoms. The SMILES string of the molecule is [N-]=[N+]=Nc1c([N+](=O)[O-])ncn1/N=N/n1cnc([N+](=O)[O-])c1N=[N+]=[N-]. The molecule has 0 amide bonds. The standard InChI is InChI=1S/C6H2N14O4/c7-13-11-5-3(19(21)22)9-1-17(5)15-16-18-2-10-4(20(23)24)6(18)12-14-8/h1-2H/b16-15+. The molecule has 0 aliphatic carbocycles. The van der Waals surface area contributed by atoms with Crippen molar-refractivity contribution in [1.82, 2.24) is 19.3 Å². The van der Waals surface area contributed by atoms with Crippen molar-refractivity contribution in [3.63, 3.8) is 0 Å². The maximum absolute atomic E-state index is 10.7. The zero-order valence-electron chi connectivity index (χ0n) is 11.0. The Hall–Kier alpha value is -4.56. The van der Waals surface area contributed by atoms with Gasteiger partial charge in [-0.3, -0.25) is 0 Å². The first-order chi connectivity index (χ1) is 11.5. The Morgan fingerprint density at radius 3 is 1.58 bits per heavy atom. The summed E-state index contributed by atoms with van der Waals surface area (Å²) in [7, 11) is 0. The van der Waals surface area contributed by atoms with Crippen LogP contribution in [0, 0.1) is 20.2 Å². The van der Waals surface area contributed by atoms with Crippen molar-refractivity contribution < 1.29 is 9.85 Å². The molecule has 0 bridgehead atoms. The van der Waals surface area contributed by atoms with Gasteiger partial charge in [0.2, 0.25) is 24.3 Å². The second-order valence-corrected chi connectivity index (χ2v) is 3.54. The lowest BCUT2D eigenvalue weighted by Crippen LogP contribution is -1.91. The van der Waals surface area contributed by atoms with Gasteiger partial charge in [0.15, 0.2) is 0 Å². The second-order valence-electron chi connectivity index (χ2n) is 3.54. The molecule has 0 aliphatic heterocycles. The summed E-state index contributed by atoms with van der Waals surface area (Å²) < 4.78 is 1.28. The van der Waals surface area contributed by atoms with E-state index in [9.17, 15) is 20.2 Å². The van der Waals surface area contributed by atoms with Crippen molar-refractivity contribution in [1.29, 1.82) is 0 Å². The lowest BCUT2D eigenvalue weighted by Gasteiger charge is -1.95. The van der Waals surface area contributed by atoms with Crippen molar-refractivity contribution in [2.75, 3.05) is 0 Å². The van der Waals surface area contributed by atoms with E-state index in [1.165, 1.54) is 0 Å². The van der Waals surface area contributed by atoms with Crippen molar-refractivity contribution >= 4 is 23.3 Å². The summed E-state index contributed by atoms with van der Waals surface area (Å²) in [5.41, 5.74) is 16.8. The van der Waals surface area contributed by atoms with Crippen LogP contribution in [-0.4, -0.2) is 29.2 Å². The fourth-order valence-corrected chi connectivity index (χ4v) is 1.39. The van der Waals surface area contributed by atoms with E-state index < -0.39 is 33.1 Å². The predicted molar refractivity (Wildman–Crippen MR) is 71.0 cm³/mol. The molecule has 0 saturated heterocycles. The van der Waals surface area contributed by atoms with E-state index in [-0.39, 0.29) is 0 Å². The van der Waals surface area contributed by atoms with Gasteiger partial charge < -0.3 is 20.2 Å². The number of aromatic nitrogens is 4. The van der Waals surface area contributed by atoms with Crippen LogP contribution in [0.2, 0.25) is 0 Å². The summed E-state index contributed by atoms with van der Waals surface area (Å²) in [5.74, 6) is -2.71. The van der Waals surface area contributed by atoms with E-state index in [1.807, 2.05) is 0 Å². The third-order valence-electron chi connectivity index (χ3n) is 2.27. The number of hydrogen-bond donors (Lipinski definition) is 0. The van der Waals surface area contributed by atoms with Gasteiger partial charge >= 0.3 is 11.6 Å². The van der Waals surface area contributed by atoms with Crippen LogP contribution in [0.15, 0.2) is 33.3 Å². The molecule has 0 radical (unpaired) electrons. The molecule has 0 aliphatic rings. The molecule has 18 nitrogen and oxygen atoms in total. The summed E-state index contributed by atoms with van der Waals surface area (Å²) in [6.45, 7) is 0. The van der Waals surface area contributed by atoms with E-state index in [0.717, 1.165) is 12.7 Å². The van der Waals surface area contributed by atoms with Crippen LogP contribution < -0.4 is 0 Å². The van der Waals surface area contributed by atoms with Crippen LogP contribution in [0.1, 0.15) is 0 Å². The van der Waals surface area contributed by atoms with Gasteiger partial charge in [0, 0.05) is 9.82 Å². The Morgan fingerprint density at radius 1 is 0.917 bits per heavy atom. The molecule has 24 heavy (non-hydrogen) atoms. The molecule has 2 aromatic rings. The predicted octanol–water partition coefficient (Wildman–Crippen LogP) is 2.46. The maximum atomic E-state index is 10.7. The third kappa shape index (κ3) is 2.88. The number of nitro groups is 2. The van der Waals surface area contributed by atoms with E-state index in [1.54, 1.807) is 0 Å². The van der Waals surface area contributed by atoms with Gasteiger partial charge in [-0.1, -0.05) is 0 Å². The summed E-state index contributed by atoms with van der Waals surface area (Å²) in [4.78, 5) is 31.2. The molecule has 0 unspecified atom stereocenters. The van der Waals surface area contributed by atoms with E-state index in [4.69, 9.17) is 11.1 Å². The van der Waals surface area contributed by atoms with Crippen molar-refractivity contribution in [3.8, 4) is 0 Å². The van der Waals surface area contributed by atoms with Gasteiger partial charge in [-0.05, 0) is 51.6 Å². The molecule has 0 spiro atoms. The molecule has 0 saturated carbocycles. The molecule has 2 aromatic heterocycles. The minimum absolute atomic E-state index is 0.578. The Bertz CT molecular complexity index is 862. The van der Waals surface area contributed by atoms with E-state index in [2.05, 4.69) is 40.5 Å². The van der Waals surface area contributed by atoms with Crippen LogP contribution in [0.4, 0.5) is 23.3 Å². The van der Waals surface area contributed by atoms with Gasteiger partial charge in [-0.15, -0.1) is 0 Å². The largest absolute Gasteiger partial charge is 0.393 e. The van der Waals surface area contributed by atoms with Gasteiger partial charge in [0.1, 0.15) is 0 Å². The molecule has 0 fully saturated rings. The number of hydrogen-bond acceptors (Lipinski definition) is 10. The Balaban J connectivity index is 2.49. The van der Waals surface area contributed by atoms with Gasteiger partial charge in [-0.2, -0.15) is 9.35 Å². The molecule has 0 aromatic carbocycles. The topological polar surface area (TPSA) is 244 Å². The average molecular weight is 334 g/mol. The molecule has 2 rings (SSSR count).